The van der Waals surface area contributed by atoms with Gasteiger partial charge in [0.05, 0.1) is 16.5 Å². The van der Waals surface area contributed by atoms with Crippen molar-refractivity contribution in [1.29, 1.82) is 0 Å². The number of fused-ring (bicyclic) bond motifs is 1. The molecule has 4 nitrogen and oxygen atoms in total. The molecule has 0 aliphatic carbocycles. The van der Waals surface area contributed by atoms with Crippen LogP contribution in [0.5, 0.6) is 0 Å². The van der Waals surface area contributed by atoms with E-state index in [1.54, 1.807) is 0 Å². The fourth-order valence-corrected chi connectivity index (χ4v) is 3.99. The van der Waals surface area contributed by atoms with Crippen LogP contribution in [-0.4, -0.2) is 12.6 Å². The third-order valence-corrected chi connectivity index (χ3v) is 5.40. The van der Waals surface area contributed by atoms with E-state index < -0.39 is 0 Å². The molecule has 25 heavy (non-hydrogen) atoms. The molecule has 0 fully saturated rings. The highest BCUT2D eigenvalue weighted by molar-refractivity contribution is 7.18. The first-order valence-corrected chi connectivity index (χ1v) is 9.12. The number of benzene rings is 2. The van der Waals surface area contributed by atoms with Gasteiger partial charge in [-0.2, -0.15) is 0 Å². The number of carbonyl (C=O) groups excluding carboxylic acids is 1. The largest absolute Gasteiger partial charge is 0.364 e. The Morgan fingerprint density at radius 3 is 2.72 bits per heavy atom. The van der Waals surface area contributed by atoms with Gasteiger partial charge in [-0.15, -0.1) is 11.3 Å². The fraction of sp³-hybridized carbons (Fsp3) is 0.150. The van der Waals surface area contributed by atoms with Crippen LogP contribution >= 0.6 is 11.3 Å². The van der Waals surface area contributed by atoms with E-state index in [4.69, 9.17) is 0 Å². The quantitative estimate of drug-likeness (QED) is 0.671. The Balaban J connectivity index is 1.50. The van der Waals surface area contributed by atoms with Crippen LogP contribution in [0.4, 0.5) is 5.00 Å². The molecule has 2 heterocycles. The van der Waals surface area contributed by atoms with E-state index in [1.807, 2.05) is 36.4 Å². The normalized spacial score (nSPS) is 13.0. The monoisotopic (exact) mass is 349 g/mol. The zero-order valence-corrected chi connectivity index (χ0v) is 14.5. The first kappa shape index (κ1) is 15.9. The van der Waals surface area contributed by atoms with E-state index in [1.165, 1.54) is 11.3 Å². The predicted molar refractivity (Wildman–Crippen MR) is 103 cm³/mol. The van der Waals surface area contributed by atoms with Crippen molar-refractivity contribution in [3.05, 3.63) is 76.7 Å². The number of hydrogen-bond acceptors (Lipinski definition) is 4. The highest BCUT2D eigenvalue weighted by atomic mass is 32.1. The Labute approximate surface area is 150 Å². The van der Waals surface area contributed by atoms with Gasteiger partial charge in [0.1, 0.15) is 0 Å². The van der Waals surface area contributed by atoms with Gasteiger partial charge in [-0.1, -0.05) is 54.6 Å². The van der Waals surface area contributed by atoms with Crippen molar-refractivity contribution >= 4 is 22.2 Å². The highest BCUT2D eigenvalue weighted by Crippen LogP contribution is 2.29. The summed E-state index contributed by atoms with van der Waals surface area (Å²) in [5, 5.41) is 10.7. The average Bonchev–Trinajstić information content (AvgIpc) is 3.11. The number of amides is 1. The maximum atomic E-state index is 12.5. The Morgan fingerprint density at radius 1 is 1.08 bits per heavy atom. The summed E-state index contributed by atoms with van der Waals surface area (Å²) in [7, 11) is 0. The number of rotatable bonds is 4. The van der Waals surface area contributed by atoms with Gasteiger partial charge in [0.15, 0.2) is 0 Å². The molecule has 4 rings (SSSR count). The molecule has 3 aromatic rings. The van der Waals surface area contributed by atoms with Crippen LogP contribution in [0.3, 0.4) is 0 Å². The standard InChI is InChI=1S/C20H19N3OS/c24-19(18-10-16-11-21-13-23-20(16)25-18)22-12-15-8-4-5-9-17(15)14-6-2-1-3-7-14/h1-10,21,23H,11-13H2,(H,22,24). The molecule has 0 saturated heterocycles. The summed E-state index contributed by atoms with van der Waals surface area (Å²) < 4.78 is 0. The first-order chi connectivity index (χ1) is 12.3. The lowest BCUT2D eigenvalue weighted by Gasteiger charge is -2.13. The van der Waals surface area contributed by atoms with E-state index >= 15 is 0 Å². The molecule has 1 aliphatic heterocycles. The van der Waals surface area contributed by atoms with Crippen LogP contribution in [0.1, 0.15) is 20.8 Å². The average molecular weight is 349 g/mol. The summed E-state index contributed by atoms with van der Waals surface area (Å²) in [4.78, 5) is 13.3. The molecule has 0 unspecified atom stereocenters. The molecular weight excluding hydrogens is 330 g/mol. The van der Waals surface area contributed by atoms with Crippen molar-refractivity contribution in [2.45, 2.75) is 13.1 Å². The molecule has 1 aliphatic rings. The molecule has 0 saturated carbocycles. The smallest absolute Gasteiger partial charge is 0.261 e. The van der Waals surface area contributed by atoms with Gasteiger partial charge >= 0.3 is 0 Å². The lowest BCUT2D eigenvalue weighted by Crippen LogP contribution is -2.26. The van der Waals surface area contributed by atoms with E-state index in [2.05, 4.69) is 40.2 Å². The Kier molecular flexibility index (Phi) is 4.50. The van der Waals surface area contributed by atoms with Crippen molar-refractivity contribution in [2.24, 2.45) is 0 Å². The summed E-state index contributed by atoms with van der Waals surface area (Å²) in [6, 6.07) is 20.4. The maximum Gasteiger partial charge on any atom is 0.261 e. The first-order valence-electron chi connectivity index (χ1n) is 8.30. The summed E-state index contributed by atoms with van der Waals surface area (Å²) in [5.74, 6) is -0.0240. The summed E-state index contributed by atoms with van der Waals surface area (Å²) in [6.07, 6.45) is 0. The predicted octanol–water partition coefficient (Wildman–Crippen LogP) is 3.82. The molecule has 1 amide bonds. The summed E-state index contributed by atoms with van der Waals surface area (Å²) in [5.41, 5.74) is 4.59. The SMILES string of the molecule is O=C(NCc1ccccc1-c1ccccc1)c1cc2c(s1)NCNC2. The minimum Gasteiger partial charge on any atom is -0.364 e. The fourth-order valence-electron chi connectivity index (χ4n) is 3.00. The lowest BCUT2D eigenvalue weighted by molar-refractivity contribution is 0.0955. The molecule has 0 bridgehead atoms. The number of anilines is 1. The number of hydrogen-bond donors (Lipinski definition) is 3. The number of nitrogens with one attached hydrogen (secondary N) is 3. The van der Waals surface area contributed by atoms with Gasteiger partial charge in [0.25, 0.3) is 5.91 Å². The van der Waals surface area contributed by atoms with E-state index in [0.717, 1.165) is 45.3 Å². The molecule has 0 atom stereocenters. The van der Waals surface area contributed by atoms with Gasteiger partial charge in [-0.25, -0.2) is 0 Å². The zero-order valence-electron chi connectivity index (χ0n) is 13.7. The van der Waals surface area contributed by atoms with E-state index in [-0.39, 0.29) is 5.91 Å². The van der Waals surface area contributed by atoms with Crippen molar-refractivity contribution < 1.29 is 4.79 Å². The summed E-state index contributed by atoms with van der Waals surface area (Å²) >= 11 is 1.52. The Hall–Kier alpha value is -2.63. The topological polar surface area (TPSA) is 53.2 Å². The minimum absolute atomic E-state index is 0.0240. The number of thiophene rings is 1. The Morgan fingerprint density at radius 2 is 1.88 bits per heavy atom. The number of carbonyl (C=O) groups is 1. The zero-order chi connectivity index (χ0) is 17.1. The molecule has 1 aromatic heterocycles. The Bertz CT molecular complexity index is 865. The van der Waals surface area contributed by atoms with Crippen molar-refractivity contribution in [1.82, 2.24) is 10.6 Å². The highest BCUT2D eigenvalue weighted by Gasteiger charge is 2.17. The van der Waals surface area contributed by atoms with Gasteiger partial charge in [-0.05, 0) is 22.8 Å². The van der Waals surface area contributed by atoms with Crippen LogP contribution in [0.25, 0.3) is 11.1 Å². The second-order valence-corrected chi connectivity index (χ2v) is 7.00. The minimum atomic E-state index is -0.0240. The van der Waals surface area contributed by atoms with Crippen LogP contribution in [0, 0.1) is 0 Å². The molecule has 2 aromatic carbocycles. The van der Waals surface area contributed by atoms with Gasteiger partial charge in [-0.3, -0.25) is 10.1 Å². The van der Waals surface area contributed by atoms with Crippen LogP contribution in [0.15, 0.2) is 60.7 Å². The lowest BCUT2D eigenvalue weighted by atomic mass is 10.00. The molecule has 5 heteroatoms. The van der Waals surface area contributed by atoms with E-state index in [0.29, 0.717) is 6.54 Å². The van der Waals surface area contributed by atoms with Crippen molar-refractivity contribution in [3.63, 3.8) is 0 Å². The van der Waals surface area contributed by atoms with Gasteiger partial charge < -0.3 is 10.6 Å². The third kappa shape index (κ3) is 3.43. The van der Waals surface area contributed by atoms with E-state index in [9.17, 15) is 4.79 Å². The van der Waals surface area contributed by atoms with Crippen molar-refractivity contribution in [2.75, 3.05) is 12.0 Å². The summed E-state index contributed by atoms with van der Waals surface area (Å²) in [6.45, 7) is 2.07. The molecule has 0 spiro atoms. The van der Waals surface area contributed by atoms with Crippen LogP contribution < -0.4 is 16.0 Å². The van der Waals surface area contributed by atoms with Gasteiger partial charge in [0.2, 0.25) is 0 Å². The maximum absolute atomic E-state index is 12.5. The second kappa shape index (κ2) is 7.09. The van der Waals surface area contributed by atoms with Crippen molar-refractivity contribution in [3.8, 4) is 11.1 Å². The molecular formula is C20H19N3OS. The molecule has 126 valence electrons. The van der Waals surface area contributed by atoms with Crippen LogP contribution in [0.2, 0.25) is 0 Å². The molecule has 0 radical (unpaired) electrons. The van der Waals surface area contributed by atoms with Crippen LogP contribution in [-0.2, 0) is 13.1 Å². The molecule has 3 N–H and O–H groups in total. The third-order valence-electron chi connectivity index (χ3n) is 4.26. The van der Waals surface area contributed by atoms with Gasteiger partial charge in [0, 0.05) is 18.7 Å². The second-order valence-electron chi connectivity index (χ2n) is 5.95.